The number of carbonyl (C=O) groups is 4. The lowest BCUT2D eigenvalue weighted by molar-refractivity contribution is -0.141. The van der Waals surface area contributed by atoms with E-state index in [1.165, 1.54) is 19.3 Å². The van der Waals surface area contributed by atoms with Crippen LogP contribution in [0.5, 0.6) is 11.5 Å². The summed E-state index contributed by atoms with van der Waals surface area (Å²) in [5.74, 6) is -2.77. The number of nitrogens with one attached hydrogen (secondary N) is 1. The Morgan fingerprint density at radius 1 is 1.00 bits per heavy atom. The largest absolute Gasteiger partial charge is 0.492 e. The van der Waals surface area contributed by atoms with E-state index in [9.17, 15) is 19.2 Å². The zero-order valence-corrected chi connectivity index (χ0v) is 21.2. The Labute approximate surface area is 223 Å². The molecule has 2 aromatic carbocycles. The molecule has 0 saturated carbocycles. The lowest BCUT2D eigenvalue weighted by atomic mass is 9.64. The van der Waals surface area contributed by atoms with Crippen LogP contribution in [0.4, 0.5) is 5.69 Å². The maximum atomic E-state index is 13.2. The number of fused-ring (bicyclic) bond motifs is 3. The number of hydrogen-bond donors (Lipinski definition) is 1. The molecule has 6 rings (SSSR count). The highest BCUT2D eigenvalue weighted by atomic mass is 16.7. The van der Waals surface area contributed by atoms with Crippen molar-refractivity contribution in [1.82, 2.24) is 0 Å². The van der Waals surface area contributed by atoms with Gasteiger partial charge in [0.15, 0.2) is 17.3 Å². The molecule has 2 heterocycles. The van der Waals surface area contributed by atoms with Crippen LogP contribution in [0.15, 0.2) is 59.9 Å². The normalized spacial score (nSPS) is 24.7. The summed E-state index contributed by atoms with van der Waals surface area (Å²) in [4.78, 5) is 50.1. The van der Waals surface area contributed by atoms with Crippen LogP contribution in [0.25, 0.3) is 0 Å². The Morgan fingerprint density at radius 3 is 2.41 bits per heavy atom. The van der Waals surface area contributed by atoms with Gasteiger partial charge >= 0.3 is 11.9 Å². The number of anilines is 1. The third-order valence-electron chi connectivity index (χ3n) is 7.53. The molecule has 2 aromatic rings. The van der Waals surface area contributed by atoms with Crippen molar-refractivity contribution in [3.63, 3.8) is 0 Å². The Balaban J connectivity index is 1.45. The van der Waals surface area contributed by atoms with Gasteiger partial charge in [0.05, 0.1) is 37.8 Å². The summed E-state index contributed by atoms with van der Waals surface area (Å²) >= 11 is 0. The number of allylic oxidation sites excluding steroid dienone is 4. The van der Waals surface area contributed by atoms with Gasteiger partial charge in [0.1, 0.15) is 0 Å². The summed E-state index contributed by atoms with van der Waals surface area (Å²) in [6.45, 7) is 2.25. The number of ketones is 2. The van der Waals surface area contributed by atoms with E-state index in [0.29, 0.717) is 22.6 Å². The molecule has 1 saturated heterocycles. The van der Waals surface area contributed by atoms with Gasteiger partial charge in [-0.1, -0.05) is 0 Å². The second kappa shape index (κ2) is 9.61. The van der Waals surface area contributed by atoms with Gasteiger partial charge in [0.2, 0.25) is 12.6 Å². The van der Waals surface area contributed by atoms with Crippen molar-refractivity contribution in [3.05, 3.63) is 76.6 Å². The molecule has 0 bridgehead atoms. The van der Waals surface area contributed by atoms with E-state index >= 15 is 0 Å². The maximum Gasteiger partial charge on any atom is 0.338 e. The van der Waals surface area contributed by atoms with Crippen LogP contribution in [0, 0.1) is 11.8 Å². The van der Waals surface area contributed by atoms with Gasteiger partial charge in [0, 0.05) is 17.5 Å². The molecule has 200 valence electrons. The molecule has 4 aliphatic rings. The summed E-state index contributed by atoms with van der Waals surface area (Å²) in [5.41, 5.74) is 3.24. The summed E-state index contributed by atoms with van der Waals surface area (Å²) in [6, 6.07) is 10.2. The highest BCUT2D eigenvalue weighted by Crippen LogP contribution is 2.55. The van der Waals surface area contributed by atoms with Crippen molar-refractivity contribution in [2.75, 3.05) is 32.4 Å². The molecule has 2 aliphatic heterocycles. The molecule has 0 spiro atoms. The second-order valence-electron chi connectivity index (χ2n) is 9.60. The number of cyclic esters (lactones) is 1. The van der Waals surface area contributed by atoms with Crippen LogP contribution in [-0.2, 0) is 28.6 Å². The predicted molar refractivity (Wildman–Crippen MR) is 135 cm³/mol. The van der Waals surface area contributed by atoms with Gasteiger partial charge in [-0.25, -0.2) is 4.79 Å². The lowest BCUT2D eigenvalue weighted by Gasteiger charge is -2.40. The van der Waals surface area contributed by atoms with Gasteiger partial charge in [-0.2, -0.15) is 0 Å². The first-order chi connectivity index (χ1) is 18.9. The standard InChI is InChI=1S/C29H25NO9/c1-3-36-28(33)14-4-6-16(7-5-14)30-26-18-11-22-21(38-13-39-22)10-17(18)24(25-19(26)12-37-29(25)34)15-8-20(31)27(32)23(9-15)35-2/h4-11,19,24-26,30H,3,12-13H2,1-2H3/t19?,24-,25-,26+/m0/s1. The van der Waals surface area contributed by atoms with Crippen LogP contribution in [0.2, 0.25) is 0 Å². The summed E-state index contributed by atoms with van der Waals surface area (Å²) in [5, 5.41) is 3.52. The number of Topliss-reactive ketones (excluding diaryl/α,β-unsaturated/α-hetero) is 1. The van der Waals surface area contributed by atoms with Crippen LogP contribution in [0.1, 0.15) is 40.4 Å². The van der Waals surface area contributed by atoms with Gasteiger partial charge in [-0.3, -0.25) is 14.4 Å². The predicted octanol–water partition coefficient (Wildman–Crippen LogP) is 3.24. The molecule has 2 aliphatic carbocycles. The Bertz CT molecular complexity index is 1460. The topological polar surface area (TPSA) is 126 Å². The highest BCUT2D eigenvalue weighted by Gasteiger charge is 2.53. The first-order valence-electron chi connectivity index (χ1n) is 12.6. The first-order valence-corrected chi connectivity index (χ1v) is 12.6. The third kappa shape index (κ3) is 4.12. The van der Waals surface area contributed by atoms with Gasteiger partial charge in [0.25, 0.3) is 5.78 Å². The zero-order valence-electron chi connectivity index (χ0n) is 21.2. The fraction of sp³-hybridized carbons (Fsp3) is 0.310. The zero-order chi connectivity index (χ0) is 27.3. The maximum absolute atomic E-state index is 13.2. The van der Waals surface area contributed by atoms with Crippen molar-refractivity contribution in [1.29, 1.82) is 0 Å². The lowest BCUT2D eigenvalue weighted by Crippen LogP contribution is -2.38. The number of methoxy groups -OCH3 is 1. The number of esters is 2. The van der Waals surface area contributed by atoms with E-state index in [4.69, 9.17) is 23.7 Å². The van der Waals surface area contributed by atoms with Crippen molar-refractivity contribution < 1.29 is 42.9 Å². The van der Waals surface area contributed by atoms with E-state index in [2.05, 4.69) is 5.32 Å². The molecule has 4 atom stereocenters. The molecular weight excluding hydrogens is 506 g/mol. The molecule has 0 radical (unpaired) electrons. The van der Waals surface area contributed by atoms with E-state index in [0.717, 1.165) is 16.8 Å². The van der Waals surface area contributed by atoms with E-state index in [1.807, 2.05) is 12.1 Å². The van der Waals surface area contributed by atoms with Crippen molar-refractivity contribution in [2.45, 2.75) is 18.9 Å². The number of hydrogen-bond acceptors (Lipinski definition) is 10. The molecule has 1 N–H and O–H groups in total. The minimum absolute atomic E-state index is 0.0641. The van der Waals surface area contributed by atoms with Crippen LogP contribution in [0.3, 0.4) is 0 Å². The van der Waals surface area contributed by atoms with Crippen LogP contribution in [-0.4, -0.2) is 50.6 Å². The summed E-state index contributed by atoms with van der Waals surface area (Å²) in [6.07, 6.45) is 2.79. The van der Waals surface area contributed by atoms with Gasteiger partial charge < -0.3 is 29.0 Å². The van der Waals surface area contributed by atoms with Gasteiger partial charge in [-0.15, -0.1) is 0 Å². The van der Waals surface area contributed by atoms with Crippen molar-refractivity contribution in [3.8, 4) is 11.5 Å². The first kappa shape index (κ1) is 24.7. The Hall–Kier alpha value is -4.60. The van der Waals surface area contributed by atoms with Crippen LogP contribution >= 0.6 is 0 Å². The molecule has 10 nitrogen and oxygen atoms in total. The molecule has 39 heavy (non-hydrogen) atoms. The van der Waals surface area contributed by atoms with E-state index < -0.39 is 35.3 Å². The minimum atomic E-state index is -0.737. The highest BCUT2D eigenvalue weighted by molar-refractivity contribution is 6.47. The van der Waals surface area contributed by atoms with Crippen molar-refractivity contribution >= 4 is 29.2 Å². The second-order valence-corrected chi connectivity index (χ2v) is 9.60. The number of benzene rings is 2. The quantitative estimate of drug-likeness (QED) is 0.337. The van der Waals surface area contributed by atoms with Gasteiger partial charge in [-0.05, 0) is 72.2 Å². The molecular formula is C29H25NO9. The molecule has 0 amide bonds. The number of carbonyl (C=O) groups excluding carboxylic acids is 4. The molecule has 1 unspecified atom stereocenters. The number of ether oxygens (including phenoxy) is 5. The SMILES string of the molecule is CCOC(=O)c1ccc(N[C@@H]2c3cc4c(cc3[C@H](C3=CC(=O)C(=O)C(OC)=C3)[C@H]3C(=O)OCC23)OCO4)cc1. The third-order valence-corrected chi connectivity index (χ3v) is 7.53. The smallest absolute Gasteiger partial charge is 0.338 e. The Kier molecular flexibility index (Phi) is 6.09. The molecule has 1 fully saturated rings. The average molecular weight is 532 g/mol. The van der Waals surface area contributed by atoms with Crippen molar-refractivity contribution in [2.24, 2.45) is 11.8 Å². The molecule has 0 aromatic heterocycles. The van der Waals surface area contributed by atoms with E-state index in [-0.39, 0.29) is 37.7 Å². The minimum Gasteiger partial charge on any atom is -0.492 e. The molecule has 10 heteroatoms. The average Bonchev–Trinajstić information content (AvgIpc) is 3.56. The fourth-order valence-corrected chi connectivity index (χ4v) is 5.77. The fourth-order valence-electron chi connectivity index (χ4n) is 5.77. The monoisotopic (exact) mass is 531 g/mol. The summed E-state index contributed by atoms with van der Waals surface area (Å²) in [7, 11) is 1.33. The van der Waals surface area contributed by atoms with Crippen LogP contribution < -0.4 is 14.8 Å². The number of rotatable bonds is 6. The van der Waals surface area contributed by atoms with E-state index in [1.54, 1.807) is 31.2 Å². The summed E-state index contributed by atoms with van der Waals surface area (Å²) < 4.78 is 27.1. The Morgan fingerprint density at radius 2 is 1.72 bits per heavy atom.